The van der Waals surface area contributed by atoms with Crippen LogP contribution in [0.1, 0.15) is 18.4 Å². The Morgan fingerprint density at radius 1 is 1.31 bits per heavy atom. The molecular formula is C12H14Cl2N2. The first-order chi connectivity index (χ1) is 7.63. The molecule has 86 valence electrons. The van der Waals surface area contributed by atoms with Crippen molar-refractivity contribution in [3.05, 3.63) is 33.8 Å². The van der Waals surface area contributed by atoms with E-state index >= 15 is 0 Å². The Kier molecular flexibility index (Phi) is 5.62. The lowest BCUT2D eigenvalue weighted by Gasteiger charge is -2.16. The standard InChI is InChI=1S/C12H14Cl2N2/c1-16(7-3-2-6-15)9-10-4-5-11(13)12(14)8-10/h4-5,8H,2-3,7,9H2,1H3. The fraction of sp³-hybridized carbons (Fsp3) is 0.417. The van der Waals surface area contributed by atoms with Gasteiger partial charge in [0.2, 0.25) is 0 Å². The van der Waals surface area contributed by atoms with E-state index in [2.05, 4.69) is 11.0 Å². The van der Waals surface area contributed by atoms with Gasteiger partial charge in [-0.3, -0.25) is 0 Å². The molecule has 0 aromatic heterocycles. The summed E-state index contributed by atoms with van der Waals surface area (Å²) in [6.45, 7) is 1.73. The van der Waals surface area contributed by atoms with Crippen molar-refractivity contribution in [2.45, 2.75) is 19.4 Å². The number of nitriles is 1. The Hall–Kier alpha value is -0.750. The zero-order valence-corrected chi connectivity index (χ0v) is 10.7. The number of nitrogens with zero attached hydrogens (tertiary/aromatic N) is 2. The maximum Gasteiger partial charge on any atom is 0.0622 e. The van der Waals surface area contributed by atoms with Gasteiger partial charge in [0, 0.05) is 13.0 Å². The molecular weight excluding hydrogens is 243 g/mol. The minimum absolute atomic E-state index is 0.581. The second-order valence-corrected chi connectivity index (χ2v) is 4.56. The van der Waals surface area contributed by atoms with Crippen LogP contribution in [0.2, 0.25) is 10.0 Å². The molecule has 1 aromatic rings. The van der Waals surface area contributed by atoms with Gasteiger partial charge in [-0.05, 0) is 37.7 Å². The Balaban J connectivity index is 2.47. The van der Waals surface area contributed by atoms with Gasteiger partial charge in [0.1, 0.15) is 0 Å². The summed E-state index contributed by atoms with van der Waals surface area (Å²) in [6, 6.07) is 7.79. The van der Waals surface area contributed by atoms with Crippen LogP contribution in [-0.4, -0.2) is 18.5 Å². The molecule has 0 aliphatic rings. The number of benzene rings is 1. The quantitative estimate of drug-likeness (QED) is 0.751. The molecule has 1 aromatic carbocycles. The van der Waals surface area contributed by atoms with Gasteiger partial charge in [-0.25, -0.2) is 0 Å². The molecule has 0 N–H and O–H groups in total. The van der Waals surface area contributed by atoms with Gasteiger partial charge >= 0.3 is 0 Å². The Morgan fingerprint density at radius 2 is 2.06 bits per heavy atom. The molecule has 0 aliphatic heterocycles. The number of hydrogen-bond donors (Lipinski definition) is 0. The smallest absolute Gasteiger partial charge is 0.0622 e. The first-order valence-electron chi connectivity index (χ1n) is 5.13. The van der Waals surface area contributed by atoms with Crippen LogP contribution in [0.25, 0.3) is 0 Å². The molecule has 16 heavy (non-hydrogen) atoms. The van der Waals surface area contributed by atoms with E-state index in [0.717, 1.165) is 25.1 Å². The highest BCUT2D eigenvalue weighted by Gasteiger charge is 2.03. The lowest BCUT2D eigenvalue weighted by Crippen LogP contribution is -2.18. The lowest BCUT2D eigenvalue weighted by molar-refractivity contribution is 0.323. The largest absolute Gasteiger partial charge is 0.302 e. The van der Waals surface area contributed by atoms with Gasteiger partial charge in [-0.1, -0.05) is 29.3 Å². The average Bonchev–Trinajstić information content (AvgIpc) is 2.24. The maximum atomic E-state index is 8.44. The SMILES string of the molecule is CN(CCCC#N)Cc1ccc(Cl)c(Cl)c1. The number of rotatable bonds is 5. The lowest BCUT2D eigenvalue weighted by atomic mass is 10.2. The summed E-state index contributed by atoms with van der Waals surface area (Å²) >= 11 is 11.8. The van der Waals surface area contributed by atoms with Gasteiger partial charge in [-0.15, -0.1) is 0 Å². The molecule has 0 atom stereocenters. The molecule has 0 radical (unpaired) electrons. The molecule has 0 spiro atoms. The van der Waals surface area contributed by atoms with E-state index in [1.807, 2.05) is 25.2 Å². The van der Waals surface area contributed by atoms with Crippen LogP contribution in [0, 0.1) is 11.3 Å². The number of halogens is 2. The van der Waals surface area contributed by atoms with Crippen LogP contribution < -0.4 is 0 Å². The van der Waals surface area contributed by atoms with E-state index in [1.165, 1.54) is 0 Å². The molecule has 1 rings (SSSR count). The highest BCUT2D eigenvalue weighted by molar-refractivity contribution is 6.42. The van der Waals surface area contributed by atoms with Crippen molar-refractivity contribution in [3.63, 3.8) is 0 Å². The summed E-state index contributed by atoms with van der Waals surface area (Å²) in [4.78, 5) is 2.16. The molecule has 0 fully saturated rings. The highest BCUT2D eigenvalue weighted by Crippen LogP contribution is 2.23. The fourth-order valence-electron chi connectivity index (χ4n) is 1.46. The van der Waals surface area contributed by atoms with E-state index < -0.39 is 0 Å². The minimum atomic E-state index is 0.581. The monoisotopic (exact) mass is 256 g/mol. The van der Waals surface area contributed by atoms with Crippen LogP contribution in [0.3, 0.4) is 0 Å². The molecule has 4 heteroatoms. The highest BCUT2D eigenvalue weighted by atomic mass is 35.5. The summed E-state index contributed by atoms with van der Waals surface area (Å²) in [5, 5.41) is 9.60. The van der Waals surface area contributed by atoms with E-state index in [1.54, 1.807) is 0 Å². The topological polar surface area (TPSA) is 27.0 Å². The predicted molar refractivity (Wildman–Crippen MR) is 67.6 cm³/mol. The van der Waals surface area contributed by atoms with Crippen molar-refractivity contribution >= 4 is 23.2 Å². The second-order valence-electron chi connectivity index (χ2n) is 3.75. The Labute approximate surface area is 106 Å². The zero-order chi connectivity index (χ0) is 12.0. The van der Waals surface area contributed by atoms with Crippen molar-refractivity contribution in [1.29, 1.82) is 5.26 Å². The predicted octanol–water partition coefficient (Wildman–Crippen LogP) is 3.73. The Morgan fingerprint density at radius 3 is 2.69 bits per heavy atom. The molecule has 0 saturated heterocycles. The van der Waals surface area contributed by atoms with Gasteiger partial charge in [0.25, 0.3) is 0 Å². The van der Waals surface area contributed by atoms with Crippen molar-refractivity contribution in [2.24, 2.45) is 0 Å². The number of unbranched alkanes of at least 4 members (excludes halogenated alkanes) is 1. The van der Waals surface area contributed by atoms with Crippen LogP contribution in [0.5, 0.6) is 0 Å². The normalized spacial score (nSPS) is 10.4. The van der Waals surface area contributed by atoms with Crippen LogP contribution in [0.4, 0.5) is 0 Å². The third-order valence-electron chi connectivity index (χ3n) is 2.26. The van der Waals surface area contributed by atoms with Gasteiger partial charge in [0.15, 0.2) is 0 Å². The van der Waals surface area contributed by atoms with E-state index in [9.17, 15) is 0 Å². The summed E-state index contributed by atoms with van der Waals surface area (Å²) in [5.74, 6) is 0. The van der Waals surface area contributed by atoms with Gasteiger partial charge in [0.05, 0.1) is 16.1 Å². The first kappa shape index (κ1) is 13.3. The molecule has 2 nitrogen and oxygen atoms in total. The fourth-order valence-corrected chi connectivity index (χ4v) is 1.78. The van der Waals surface area contributed by atoms with Gasteiger partial charge in [-0.2, -0.15) is 5.26 Å². The third-order valence-corrected chi connectivity index (χ3v) is 3.00. The summed E-state index contributed by atoms with van der Waals surface area (Å²) < 4.78 is 0. The van der Waals surface area contributed by atoms with Crippen molar-refractivity contribution < 1.29 is 0 Å². The molecule has 0 aliphatic carbocycles. The van der Waals surface area contributed by atoms with Crippen LogP contribution in [0.15, 0.2) is 18.2 Å². The third kappa shape index (κ3) is 4.40. The summed E-state index contributed by atoms with van der Waals surface area (Å²) in [7, 11) is 2.03. The second kappa shape index (κ2) is 6.75. The van der Waals surface area contributed by atoms with Crippen molar-refractivity contribution in [1.82, 2.24) is 4.90 Å². The molecule has 0 saturated carbocycles. The molecule has 0 amide bonds. The van der Waals surface area contributed by atoms with Crippen LogP contribution in [-0.2, 0) is 6.54 Å². The Bertz CT molecular complexity index is 385. The van der Waals surface area contributed by atoms with E-state index in [-0.39, 0.29) is 0 Å². The minimum Gasteiger partial charge on any atom is -0.302 e. The zero-order valence-electron chi connectivity index (χ0n) is 9.21. The van der Waals surface area contributed by atoms with Crippen LogP contribution >= 0.6 is 23.2 Å². The first-order valence-corrected chi connectivity index (χ1v) is 5.88. The summed E-state index contributed by atoms with van der Waals surface area (Å²) in [6.07, 6.45) is 1.50. The molecule has 0 unspecified atom stereocenters. The van der Waals surface area contributed by atoms with E-state index in [4.69, 9.17) is 28.5 Å². The van der Waals surface area contributed by atoms with Crippen molar-refractivity contribution in [3.8, 4) is 6.07 Å². The van der Waals surface area contributed by atoms with Gasteiger partial charge < -0.3 is 4.90 Å². The maximum absolute atomic E-state index is 8.44. The van der Waals surface area contributed by atoms with Crippen molar-refractivity contribution in [2.75, 3.05) is 13.6 Å². The molecule has 0 bridgehead atoms. The molecule has 0 heterocycles. The number of hydrogen-bond acceptors (Lipinski definition) is 2. The van der Waals surface area contributed by atoms with E-state index in [0.29, 0.717) is 16.5 Å². The average molecular weight is 257 g/mol. The summed E-state index contributed by atoms with van der Waals surface area (Å²) in [5.41, 5.74) is 1.13.